The van der Waals surface area contributed by atoms with E-state index >= 15 is 0 Å². The summed E-state index contributed by atoms with van der Waals surface area (Å²) >= 11 is 0. The van der Waals surface area contributed by atoms with E-state index in [4.69, 9.17) is 0 Å². The SMILES string of the molecule is CC(CN(C)C)NCCC(F)(F)F. The predicted octanol–water partition coefficient (Wildman–Crippen LogP) is 1.48. The molecule has 0 heterocycles. The van der Waals surface area contributed by atoms with E-state index in [9.17, 15) is 13.2 Å². The summed E-state index contributed by atoms with van der Waals surface area (Å²) in [5, 5.41) is 2.81. The van der Waals surface area contributed by atoms with E-state index < -0.39 is 12.6 Å². The molecule has 0 bridgehead atoms. The average Bonchev–Trinajstić information content (AvgIpc) is 1.81. The molecular formula is C8H17F3N2. The smallest absolute Gasteiger partial charge is 0.313 e. The maximum absolute atomic E-state index is 11.7. The first kappa shape index (κ1) is 12.7. The maximum Gasteiger partial charge on any atom is 0.390 e. The Hall–Kier alpha value is -0.290. The topological polar surface area (TPSA) is 15.3 Å². The molecule has 1 atom stereocenters. The highest BCUT2D eigenvalue weighted by molar-refractivity contribution is 4.64. The fraction of sp³-hybridized carbons (Fsp3) is 1.00. The van der Waals surface area contributed by atoms with E-state index in [0.717, 1.165) is 6.54 Å². The van der Waals surface area contributed by atoms with Crippen molar-refractivity contribution in [1.29, 1.82) is 0 Å². The number of alkyl halides is 3. The summed E-state index contributed by atoms with van der Waals surface area (Å²) in [7, 11) is 3.78. The van der Waals surface area contributed by atoms with Crippen molar-refractivity contribution in [3.05, 3.63) is 0 Å². The molecule has 0 saturated heterocycles. The highest BCUT2D eigenvalue weighted by Gasteiger charge is 2.26. The largest absolute Gasteiger partial charge is 0.390 e. The molecule has 0 spiro atoms. The Labute approximate surface area is 77.1 Å². The summed E-state index contributed by atoms with van der Waals surface area (Å²) in [6, 6.07) is 0.0948. The maximum atomic E-state index is 11.7. The molecular weight excluding hydrogens is 181 g/mol. The zero-order valence-electron chi connectivity index (χ0n) is 8.28. The normalized spacial score (nSPS) is 15.0. The van der Waals surface area contributed by atoms with Gasteiger partial charge in [-0.3, -0.25) is 0 Å². The van der Waals surface area contributed by atoms with Gasteiger partial charge in [-0.2, -0.15) is 13.2 Å². The van der Waals surface area contributed by atoms with E-state index in [1.807, 2.05) is 25.9 Å². The molecule has 1 N–H and O–H groups in total. The van der Waals surface area contributed by atoms with Crippen LogP contribution < -0.4 is 5.32 Å². The molecule has 0 fully saturated rings. The van der Waals surface area contributed by atoms with Gasteiger partial charge in [0.1, 0.15) is 0 Å². The Morgan fingerprint density at radius 1 is 1.31 bits per heavy atom. The van der Waals surface area contributed by atoms with Crippen LogP contribution in [0.1, 0.15) is 13.3 Å². The van der Waals surface area contributed by atoms with Gasteiger partial charge < -0.3 is 10.2 Å². The molecule has 0 aromatic rings. The Morgan fingerprint density at radius 3 is 2.23 bits per heavy atom. The summed E-state index contributed by atoms with van der Waals surface area (Å²) in [6.45, 7) is 2.62. The third-order valence-electron chi connectivity index (χ3n) is 1.54. The monoisotopic (exact) mass is 198 g/mol. The van der Waals surface area contributed by atoms with E-state index in [1.165, 1.54) is 0 Å². The lowest BCUT2D eigenvalue weighted by molar-refractivity contribution is -0.133. The number of hydrogen-bond donors (Lipinski definition) is 1. The van der Waals surface area contributed by atoms with Crippen LogP contribution in [0.4, 0.5) is 13.2 Å². The molecule has 0 saturated carbocycles. The lowest BCUT2D eigenvalue weighted by Crippen LogP contribution is -2.37. The molecule has 0 rings (SSSR count). The molecule has 1 unspecified atom stereocenters. The predicted molar refractivity (Wildman–Crippen MR) is 46.7 cm³/mol. The lowest BCUT2D eigenvalue weighted by atomic mass is 10.3. The fourth-order valence-electron chi connectivity index (χ4n) is 1.07. The minimum atomic E-state index is -4.05. The van der Waals surface area contributed by atoms with Gasteiger partial charge in [0.2, 0.25) is 0 Å². The van der Waals surface area contributed by atoms with Gasteiger partial charge in [-0.25, -0.2) is 0 Å². The van der Waals surface area contributed by atoms with Crippen molar-refractivity contribution >= 4 is 0 Å². The van der Waals surface area contributed by atoms with Crippen molar-refractivity contribution in [2.75, 3.05) is 27.2 Å². The zero-order valence-corrected chi connectivity index (χ0v) is 8.28. The summed E-state index contributed by atoms with van der Waals surface area (Å²) in [5.74, 6) is 0. The summed E-state index contributed by atoms with van der Waals surface area (Å²) in [4.78, 5) is 1.94. The second-order valence-electron chi connectivity index (χ2n) is 3.48. The zero-order chi connectivity index (χ0) is 10.5. The van der Waals surface area contributed by atoms with Crippen molar-refractivity contribution in [3.8, 4) is 0 Å². The standard InChI is InChI=1S/C8H17F3N2/c1-7(6-13(2)3)12-5-4-8(9,10)11/h7,12H,4-6H2,1-3H3. The van der Waals surface area contributed by atoms with Crippen LogP contribution in [-0.2, 0) is 0 Å². The number of halogens is 3. The second kappa shape index (κ2) is 5.44. The van der Waals surface area contributed by atoms with Gasteiger partial charge in [-0.1, -0.05) is 0 Å². The molecule has 0 aliphatic heterocycles. The molecule has 0 amide bonds. The quantitative estimate of drug-likeness (QED) is 0.719. The molecule has 0 aliphatic carbocycles. The third kappa shape index (κ3) is 9.63. The number of hydrogen-bond acceptors (Lipinski definition) is 2. The second-order valence-corrected chi connectivity index (χ2v) is 3.48. The molecule has 0 radical (unpaired) electrons. The summed E-state index contributed by atoms with van der Waals surface area (Å²) in [5.41, 5.74) is 0. The van der Waals surface area contributed by atoms with Crippen LogP contribution in [0, 0.1) is 0 Å². The van der Waals surface area contributed by atoms with Gasteiger partial charge in [0, 0.05) is 19.1 Å². The van der Waals surface area contributed by atoms with Crippen LogP contribution in [0.3, 0.4) is 0 Å². The number of rotatable bonds is 5. The minimum Gasteiger partial charge on any atom is -0.313 e. The Bertz CT molecular complexity index is 134. The first-order valence-corrected chi connectivity index (χ1v) is 4.26. The van der Waals surface area contributed by atoms with Crippen molar-refractivity contribution in [2.45, 2.75) is 25.6 Å². The molecule has 80 valence electrons. The average molecular weight is 198 g/mol. The van der Waals surface area contributed by atoms with Gasteiger partial charge in [-0.15, -0.1) is 0 Å². The number of likely N-dealkylation sites (N-methyl/N-ethyl adjacent to an activating group) is 1. The van der Waals surface area contributed by atoms with Crippen LogP contribution in [0.2, 0.25) is 0 Å². The van der Waals surface area contributed by atoms with E-state index in [-0.39, 0.29) is 12.6 Å². The van der Waals surface area contributed by atoms with E-state index in [2.05, 4.69) is 5.32 Å². The van der Waals surface area contributed by atoms with E-state index in [1.54, 1.807) is 0 Å². The lowest BCUT2D eigenvalue weighted by Gasteiger charge is -2.18. The molecule has 2 nitrogen and oxygen atoms in total. The first-order chi connectivity index (χ1) is 5.81. The molecule has 0 aromatic heterocycles. The van der Waals surface area contributed by atoms with Crippen molar-refractivity contribution in [3.63, 3.8) is 0 Å². The minimum absolute atomic E-state index is 0.00148. The highest BCUT2D eigenvalue weighted by Crippen LogP contribution is 2.18. The van der Waals surface area contributed by atoms with Crippen molar-refractivity contribution < 1.29 is 13.2 Å². The summed E-state index contributed by atoms with van der Waals surface area (Å²) in [6.07, 6.45) is -4.81. The molecule has 5 heteroatoms. The highest BCUT2D eigenvalue weighted by atomic mass is 19.4. The van der Waals surface area contributed by atoms with Gasteiger partial charge >= 0.3 is 6.18 Å². The van der Waals surface area contributed by atoms with Crippen LogP contribution in [0.15, 0.2) is 0 Å². The fourth-order valence-corrected chi connectivity index (χ4v) is 1.07. The molecule has 0 aliphatic rings. The first-order valence-electron chi connectivity index (χ1n) is 4.26. The number of nitrogens with one attached hydrogen (secondary N) is 1. The van der Waals surface area contributed by atoms with Crippen LogP contribution >= 0.6 is 0 Å². The van der Waals surface area contributed by atoms with Crippen molar-refractivity contribution in [1.82, 2.24) is 10.2 Å². The van der Waals surface area contributed by atoms with Gasteiger partial charge in [0.25, 0.3) is 0 Å². The Morgan fingerprint density at radius 2 is 1.85 bits per heavy atom. The Kier molecular flexibility index (Phi) is 5.32. The molecule has 13 heavy (non-hydrogen) atoms. The van der Waals surface area contributed by atoms with Crippen molar-refractivity contribution in [2.24, 2.45) is 0 Å². The van der Waals surface area contributed by atoms with Gasteiger partial charge in [0.15, 0.2) is 0 Å². The third-order valence-corrected chi connectivity index (χ3v) is 1.54. The molecule has 0 aromatic carbocycles. The van der Waals surface area contributed by atoms with E-state index in [0.29, 0.717) is 0 Å². The van der Waals surface area contributed by atoms with Crippen LogP contribution in [0.5, 0.6) is 0 Å². The van der Waals surface area contributed by atoms with Gasteiger partial charge in [-0.05, 0) is 21.0 Å². The van der Waals surface area contributed by atoms with Gasteiger partial charge in [0.05, 0.1) is 6.42 Å². The van der Waals surface area contributed by atoms with Crippen LogP contribution in [-0.4, -0.2) is 44.3 Å². The Balaban J connectivity index is 3.42. The number of nitrogens with zero attached hydrogens (tertiary/aromatic N) is 1. The summed E-state index contributed by atoms with van der Waals surface area (Å²) < 4.78 is 35.2. The van der Waals surface area contributed by atoms with Crippen LogP contribution in [0.25, 0.3) is 0 Å².